The number of rotatable bonds is 6. The number of ketones is 1. The van der Waals surface area contributed by atoms with Crippen LogP contribution >= 0.6 is 11.6 Å². The minimum Gasteiger partial charge on any atom is -0.493 e. The molecular weight excluding hydrogens is 316 g/mol. The maximum Gasteiger partial charge on any atom is 0.203 e. The Morgan fingerprint density at radius 1 is 1.00 bits per heavy atom. The summed E-state index contributed by atoms with van der Waals surface area (Å²) in [7, 11) is 4.62. The van der Waals surface area contributed by atoms with Crippen molar-refractivity contribution in [2.45, 2.75) is 0 Å². The van der Waals surface area contributed by atoms with E-state index in [2.05, 4.69) is 0 Å². The van der Waals surface area contributed by atoms with Gasteiger partial charge in [-0.05, 0) is 35.9 Å². The van der Waals surface area contributed by atoms with Crippen molar-refractivity contribution in [3.63, 3.8) is 0 Å². The first-order valence-electron chi connectivity index (χ1n) is 6.87. The van der Waals surface area contributed by atoms with Crippen LogP contribution in [0.3, 0.4) is 0 Å². The first-order chi connectivity index (χ1) is 11.1. The number of hydrogen-bond acceptors (Lipinski definition) is 4. The van der Waals surface area contributed by atoms with Crippen molar-refractivity contribution in [3.8, 4) is 17.2 Å². The van der Waals surface area contributed by atoms with Gasteiger partial charge in [-0.15, -0.1) is 0 Å². The molecule has 4 nitrogen and oxygen atoms in total. The maximum atomic E-state index is 12.2. The van der Waals surface area contributed by atoms with Crippen molar-refractivity contribution >= 4 is 23.5 Å². The van der Waals surface area contributed by atoms with Crippen LogP contribution in [0.5, 0.6) is 17.2 Å². The van der Waals surface area contributed by atoms with E-state index in [0.29, 0.717) is 27.8 Å². The molecule has 0 unspecified atom stereocenters. The summed E-state index contributed by atoms with van der Waals surface area (Å²) in [6.45, 7) is 0. The van der Waals surface area contributed by atoms with Crippen molar-refractivity contribution in [3.05, 3.63) is 58.6 Å². The Labute approximate surface area is 140 Å². The van der Waals surface area contributed by atoms with E-state index in [1.54, 1.807) is 56.7 Å². The zero-order valence-electron chi connectivity index (χ0n) is 13.1. The summed E-state index contributed by atoms with van der Waals surface area (Å²) in [5, 5.41) is 0.423. The van der Waals surface area contributed by atoms with Gasteiger partial charge in [0.05, 0.1) is 26.4 Å². The number of ether oxygens (including phenoxy) is 3. The van der Waals surface area contributed by atoms with Gasteiger partial charge in [0.25, 0.3) is 0 Å². The molecule has 0 heterocycles. The molecule has 0 saturated carbocycles. The molecule has 0 aromatic heterocycles. The lowest BCUT2D eigenvalue weighted by atomic mass is 10.1. The third kappa shape index (κ3) is 3.85. The van der Waals surface area contributed by atoms with E-state index in [0.717, 1.165) is 5.56 Å². The molecule has 0 aliphatic heterocycles. The van der Waals surface area contributed by atoms with E-state index >= 15 is 0 Å². The largest absolute Gasteiger partial charge is 0.493 e. The maximum absolute atomic E-state index is 12.2. The van der Waals surface area contributed by atoms with Crippen LogP contribution in [-0.4, -0.2) is 27.1 Å². The lowest BCUT2D eigenvalue weighted by molar-refractivity contribution is 0.104. The molecule has 0 radical (unpaired) electrons. The molecule has 5 heteroatoms. The Morgan fingerprint density at radius 3 is 2.13 bits per heavy atom. The average Bonchev–Trinajstić information content (AvgIpc) is 2.58. The molecule has 2 aromatic carbocycles. The van der Waals surface area contributed by atoms with Gasteiger partial charge in [-0.25, -0.2) is 0 Å². The predicted molar refractivity (Wildman–Crippen MR) is 90.9 cm³/mol. The second kappa shape index (κ2) is 7.70. The van der Waals surface area contributed by atoms with Gasteiger partial charge in [-0.2, -0.15) is 0 Å². The highest BCUT2D eigenvalue weighted by atomic mass is 35.5. The van der Waals surface area contributed by atoms with Gasteiger partial charge >= 0.3 is 0 Å². The Kier molecular flexibility index (Phi) is 5.66. The third-order valence-corrected chi connectivity index (χ3v) is 3.58. The number of hydrogen-bond donors (Lipinski definition) is 0. The van der Waals surface area contributed by atoms with Gasteiger partial charge in [0.15, 0.2) is 17.3 Å². The van der Waals surface area contributed by atoms with Crippen molar-refractivity contribution in [2.75, 3.05) is 21.3 Å². The number of benzene rings is 2. The molecule has 2 rings (SSSR count). The van der Waals surface area contributed by atoms with Crippen LogP contribution in [0.1, 0.15) is 15.9 Å². The van der Waals surface area contributed by atoms with Gasteiger partial charge in [-0.1, -0.05) is 29.8 Å². The quantitative estimate of drug-likeness (QED) is 0.585. The van der Waals surface area contributed by atoms with Crippen LogP contribution < -0.4 is 14.2 Å². The molecule has 0 fully saturated rings. The number of carbonyl (C=O) groups is 1. The van der Waals surface area contributed by atoms with E-state index in [9.17, 15) is 4.79 Å². The molecule has 0 amide bonds. The summed E-state index contributed by atoms with van der Waals surface area (Å²) >= 11 is 6.02. The van der Waals surface area contributed by atoms with E-state index < -0.39 is 0 Å². The van der Waals surface area contributed by atoms with Crippen molar-refractivity contribution < 1.29 is 19.0 Å². The molecule has 0 spiro atoms. The highest BCUT2D eigenvalue weighted by molar-refractivity contribution is 6.34. The van der Waals surface area contributed by atoms with Crippen LogP contribution in [0.4, 0.5) is 0 Å². The highest BCUT2D eigenvalue weighted by Gasteiger charge is 2.12. The summed E-state index contributed by atoms with van der Waals surface area (Å²) < 4.78 is 15.8. The Hall–Kier alpha value is -2.46. The lowest BCUT2D eigenvalue weighted by Gasteiger charge is -2.12. The second-order valence-electron chi connectivity index (χ2n) is 4.64. The van der Waals surface area contributed by atoms with Gasteiger partial charge < -0.3 is 14.2 Å². The second-order valence-corrected chi connectivity index (χ2v) is 5.04. The normalized spacial score (nSPS) is 10.6. The molecular formula is C18H17ClO4. The number of allylic oxidation sites excluding steroid dienone is 1. The zero-order valence-corrected chi connectivity index (χ0v) is 13.9. The fourth-order valence-electron chi connectivity index (χ4n) is 2.12. The Balaban J connectivity index is 2.32. The topological polar surface area (TPSA) is 44.8 Å². The van der Waals surface area contributed by atoms with Crippen molar-refractivity contribution in [1.29, 1.82) is 0 Å². The first-order valence-corrected chi connectivity index (χ1v) is 7.25. The molecule has 2 aromatic rings. The average molecular weight is 333 g/mol. The van der Waals surface area contributed by atoms with Crippen LogP contribution in [0.2, 0.25) is 5.02 Å². The molecule has 120 valence electrons. The summed E-state index contributed by atoms with van der Waals surface area (Å²) in [5.74, 6) is 1.38. The third-order valence-electron chi connectivity index (χ3n) is 3.25. The lowest BCUT2D eigenvalue weighted by Crippen LogP contribution is -1.96. The first kappa shape index (κ1) is 16.9. The van der Waals surface area contributed by atoms with E-state index in [-0.39, 0.29) is 5.78 Å². The van der Waals surface area contributed by atoms with Gasteiger partial charge in [0.1, 0.15) is 0 Å². The minimum absolute atomic E-state index is 0.177. The smallest absolute Gasteiger partial charge is 0.203 e. The van der Waals surface area contributed by atoms with Crippen LogP contribution in [0.15, 0.2) is 42.5 Å². The number of halogens is 1. The van der Waals surface area contributed by atoms with Gasteiger partial charge in [0, 0.05) is 5.56 Å². The summed E-state index contributed by atoms with van der Waals surface area (Å²) in [4.78, 5) is 12.2. The SMILES string of the molecule is COc1cc(/C=C\C(=O)c2ccccc2Cl)cc(OC)c1OC. The van der Waals surface area contributed by atoms with Crippen molar-refractivity contribution in [1.82, 2.24) is 0 Å². The van der Waals surface area contributed by atoms with E-state index in [4.69, 9.17) is 25.8 Å². The van der Waals surface area contributed by atoms with Gasteiger partial charge in [0.2, 0.25) is 5.75 Å². The molecule has 0 aliphatic rings. The van der Waals surface area contributed by atoms with E-state index in [1.807, 2.05) is 0 Å². The zero-order chi connectivity index (χ0) is 16.8. The standard InChI is InChI=1S/C18H17ClO4/c1-21-16-10-12(11-17(22-2)18(16)23-3)8-9-15(20)13-6-4-5-7-14(13)19/h4-11H,1-3H3/b9-8-. The van der Waals surface area contributed by atoms with Crippen LogP contribution in [0.25, 0.3) is 6.08 Å². The number of carbonyl (C=O) groups excluding carboxylic acids is 1. The van der Waals surface area contributed by atoms with Gasteiger partial charge in [-0.3, -0.25) is 4.79 Å². The molecule has 0 N–H and O–H groups in total. The predicted octanol–water partition coefficient (Wildman–Crippen LogP) is 4.26. The summed E-state index contributed by atoms with van der Waals surface area (Å²) in [6, 6.07) is 10.4. The Morgan fingerprint density at radius 2 is 1.61 bits per heavy atom. The Bertz CT molecular complexity index is 713. The molecule has 0 saturated heterocycles. The fourth-order valence-corrected chi connectivity index (χ4v) is 2.35. The van der Waals surface area contributed by atoms with Crippen molar-refractivity contribution in [2.24, 2.45) is 0 Å². The molecule has 0 aliphatic carbocycles. The number of methoxy groups -OCH3 is 3. The fraction of sp³-hybridized carbons (Fsp3) is 0.167. The summed E-state index contributed by atoms with van der Waals surface area (Å²) in [6.07, 6.45) is 3.14. The highest BCUT2D eigenvalue weighted by Crippen LogP contribution is 2.38. The van der Waals surface area contributed by atoms with E-state index in [1.165, 1.54) is 13.2 Å². The van der Waals surface area contributed by atoms with Crippen LogP contribution in [0, 0.1) is 0 Å². The molecule has 23 heavy (non-hydrogen) atoms. The summed E-state index contributed by atoms with van der Waals surface area (Å²) in [5.41, 5.74) is 1.21. The molecule has 0 atom stereocenters. The van der Waals surface area contributed by atoms with Crippen LogP contribution in [-0.2, 0) is 0 Å². The minimum atomic E-state index is -0.177. The monoisotopic (exact) mass is 332 g/mol. The molecule has 0 bridgehead atoms.